The summed E-state index contributed by atoms with van der Waals surface area (Å²) in [5.41, 5.74) is 2.91. The maximum absolute atomic E-state index is 12.2. The second kappa shape index (κ2) is 7.84. The molecule has 0 unspecified atom stereocenters. The molecule has 5 heteroatoms. The van der Waals surface area contributed by atoms with E-state index in [1.165, 1.54) is 0 Å². The molecule has 4 nitrogen and oxygen atoms in total. The van der Waals surface area contributed by atoms with E-state index in [-0.39, 0.29) is 11.8 Å². The van der Waals surface area contributed by atoms with Crippen molar-refractivity contribution < 1.29 is 9.59 Å². The van der Waals surface area contributed by atoms with Crippen molar-refractivity contribution in [2.75, 3.05) is 6.54 Å². The van der Waals surface area contributed by atoms with E-state index in [1.54, 1.807) is 0 Å². The van der Waals surface area contributed by atoms with Crippen LogP contribution in [0, 0.1) is 0 Å². The Kier molecular flexibility index (Phi) is 5.56. The fraction of sp³-hybridized carbons (Fsp3) is 0.474. The standard InChI is InChI=1S/C19H23ClN2O2/c20-17-5-2-1-4-16(17)19(24)21-12-14-7-9-15(10-8-14)13-22-11-3-6-18(22)23/h7-10H,1-6,11-13H2,(H,21,24). The fourth-order valence-corrected chi connectivity index (χ4v) is 3.56. The minimum absolute atomic E-state index is 0.0496. The first-order valence-corrected chi connectivity index (χ1v) is 9.02. The Bertz CT molecular complexity index is 652. The lowest BCUT2D eigenvalue weighted by Crippen LogP contribution is -2.26. The number of likely N-dealkylation sites (tertiary alicyclic amines) is 1. The van der Waals surface area contributed by atoms with Crippen LogP contribution >= 0.6 is 11.6 Å². The van der Waals surface area contributed by atoms with Gasteiger partial charge in [0.25, 0.3) is 0 Å². The van der Waals surface area contributed by atoms with Crippen LogP contribution in [0.3, 0.4) is 0 Å². The van der Waals surface area contributed by atoms with Crippen LogP contribution in [0.2, 0.25) is 0 Å². The summed E-state index contributed by atoms with van der Waals surface area (Å²) in [4.78, 5) is 25.8. The average Bonchev–Trinajstić information content (AvgIpc) is 2.99. The van der Waals surface area contributed by atoms with Gasteiger partial charge in [0.1, 0.15) is 0 Å². The molecule has 2 aliphatic rings. The van der Waals surface area contributed by atoms with E-state index in [9.17, 15) is 9.59 Å². The Morgan fingerprint density at radius 2 is 1.75 bits per heavy atom. The molecule has 1 fully saturated rings. The molecule has 3 rings (SSSR count). The lowest BCUT2D eigenvalue weighted by molar-refractivity contribution is -0.128. The summed E-state index contributed by atoms with van der Waals surface area (Å²) in [6.45, 7) is 2.02. The van der Waals surface area contributed by atoms with Crippen LogP contribution < -0.4 is 5.32 Å². The van der Waals surface area contributed by atoms with Gasteiger partial charge in [0.05, 0.1) is 0 Å². The van der Waals surface area contributed by atoms with E-state index in [2.05, 4.69) is 5.32 Å². The smallest absolute Gasteiger partial charge is 0.248 e. The topological polar surface area (TPSA) is 49.4 Å². The second-order valence-electron chi connectivity index (χ2n) is 6.51. The molecule has 1 saturated heterocycles. The van der Waals surface area contributed by atoms with Crippen molar-refractivity contribution in [2.24, 2.45) is 0 Å². The zero-order valence-corrected chi connectivity index (χ0v) is 14.6. The average molecular weight is 347 g/mol. The van der Waals surface area contributed by atoms with Crippen molar-refractivity contribution in [3.63, 3.8) is 0 Å². The summed E-state index contributed by atoms with van der Waals surface area (Å²) >= 11 is 6.16. The van der Waals surface area contributed by atoms with Gasteiger partial charge < -0.3 is 10.2 Å². The number of nitrogens with zero attached hydrogens (tertiary/aromatic N) is 1. The molecule has 1 aromatic rings. The number of rotatable bonds is 5. The molecule has 1 heterocycles. The van der Waals surface area contributed by atoms with Gasteiger partial charge in [-0.05, 0) is 43.2 Å². The monoisotopic (exact) mass is 346 g/mol. The van der Waals surface area contributed by atoms with Crippen LogP contribution in [-0.4, -0.2) is 23.3 Å². The van der Waals surface area contributed by atoms with Gasteiger partial charge in [-0.25, -0.2) is 0 Å². The fourth-order valence-electron chi connectivity index (χ4n) is 3.25. The van der Waals surface area contributed by atoms with Crippen molar-refractivity contribution in [3.8, 4) is 0 Å². The minimum Gasteiger partial charge on any atom is -0.348 e. The summed E-state index contributed by atoms with van der Waals surface area (Å²) in [6.07, 6.45) is 5.31. The molecule has 1 aromatic carbocycles. The third-order valence-electron chi connectivity index (χ3n) is 4.70. The van der Waals surface area contributed by atoms with Gasteiger partial charge >= 0.3 is 0 Å². The third kappa shape index (κ3) is 4.18. The second-order valence-corrected chi connectivity index (χ2v) is 6.96. The number of carbonyl (C=O) groups is 2. The molecule has 2 amide bonds. The number of benzene rings is 1. The van der Waals surface area contributed by atoms with Crippen LogP contribution in [-0.2, 0) is 22.7 Å². The predicted octanol–water partition coefficient (Wildman–Crippen LogP) is 3.49. The summed E-state index contributed by atoms with van der Waals surface area (Å²) in [5, 5.41) is 3.67. The molecular formula is C19H23ClN2O2. The van der Waals surface area contributed by atoms with E-state index >= 15 is 0 Å². The molecule has 0 spiro atoms. The molecule has 0 aromatic heterocycles. The Balaban J connectivity index is 1.52. The Hall–Kier alpha value is -1.81. The van der Waals surface area contributed by atoms with Crippen molar-refractivity contribution in [1.29, 1.82) is 0 Å². The SMILES string of the molecule is O=C(NCc1ccc(CN2CCCC2=O)cc1)C1=C(Cl)CCCC1. The number of hydrogen-bond acceptors (Lipinski definition) is 2. The van der Waals surface area contributed by atoms with Crippen LogP contribution in [0.5, 0.6) is 0 Å². The van der Waals surface area contributed by atoms with Crippen molar-refractivity contribution in [2.45, 2.75) is 51.6 Å². The van der Waals surface area contributed by atoms with E-state index in [0.717, 1.165) is 55.3 Å². The highest BCUT2D eigenvalue weighted by Crippen LogP contribution is 2.27. The first kappa shape index (κ1) is 17.0. The van der Waals surface area contributed by atoms with Gasteiger partial charge in [-0.2, -0.15) is 0 Å². The molecule has 128 valence electrons. The molecule has 0 radical (unpaired) electrons. The lowest BCUT2D eigenvalue weighted by Gasteiger charge is -2.16. The first-order valence-electron chi connectivity index (χ1n) is 8.65. The van der Waals surface area contributed by atoms with Crippen LogP contribution in [0.4, 0.5) is 0 Å². The molecule has 1 aliphatic heterocycles. The maximum atomic E-state index is 12.2. The maximum Gasteiger partial charge on any atom is 0.248 e. The van der Waals surface area contributed by atoms with Gasteiger partial charge in [0, 0.05) is 36.7 Å². The molecule has 0 atom stereocenters. The Morgan fingerprint density at radius 3 is 2.42 bits per heavy atom. The normalized spacial score (nSPS) is 18.2. The third-order valence-corrected chi connectivity index (χ3v) is 5.11. The summed E-state index contributed by atoms with van der Waals surface area (Å²) in [7, 11) is 0. The number of amides is 2. The summed E-state index contributed by atoms with van der Waals surface area (Å²) in [6, 6.07) is 8.07. The highest BCUT2D eigenvalue weighted by atomic mass is 35.5. The van der Waals surface area contributed by atoms with Gasteiger partial charge in [-0.15, -0.1) is 0 Å². The first-order chi connectivity index (χ1) is 11.6. The minimum atomic E-state index is -0.0496. The van der Waals surface area contributed by atoms with Crippen LogP contribution in [0.25, 0.3) is 0 Å². The van der Waals surface area contributed by atoms with Gasteiger partial charge in [0.2, 0.25) is 11.8 Å². The van der Waals surface area contributed by atoms with E-state index in [0.29, 0.717) is 24.5 Å². The highest BCUT2D eigenvalue weighted by Gasteiger charge is 2.20. The summed E-state index contributed by atoms with van der Waals surface area (Å²) < 4.78 is 0. The lowest BCUT2D eigenvalue weighted by atomic mass is 9.98. The Morgan fingerprint density at radius 1 is 1.04 bits per heavy atom. The molecule has 24 heavy (non-hydrogen) atoms. The number of allylic oxidation sites excluding steroid dienone is 1. The number of nitrogens with one attached hydrogen (secondary N) is 1. The predicted molar refractivity (Wildman–Crippen MR) is 94.3 cm³/mol. The van der Waals surface area contributed by atoms with Crippen LogP contribution in [0.15, 0.2) is 34.9 Å². The zero-order valence-electron chi connectivity index (χ0n) is 13.8. The quantitative estimate of drug-likeness (QED) is 0.887. The number of halogens is 1. The zero-order chi connectivity index (χ0) is 16.9. The van der Waals surface area contributed by atoms with Gasteiger partial charge in [-0.1, -0.05) is 35.9 Å². The number of hydrogen-bond donors (Lipinski definition) is 1. The highest BCUT2D eigenvalue weighted by molar-refractivity contribution is 6.32. The van der Waals surface area contributed by atoms with Crippen molar-refractivity contribution in [3.05, 3.63) is 46.0 Å². The number of carbonyl (C=O) groups excluding carboxylic acids is 2. The van der Waals surface area contributed by atoms with Gasteiger partial charge in [-0.3, -0.25) is 9.59 Å². The summed E-state index contributed by atoms with van der Waals surface area (Å²) in [5.74, 6) is 0.190. The van der Waals surface area contributed by atoms with E-state index in [1.807, 2.05) is 29.2 Å². The largest absolute Gasteiger partial charge is 0.348 e. The van der Waals surface area contributed by atoms with E-state index < -0.39 is 0 Å². The molecule has 0 bridgehead atoms. The van der Waals surface area contributed by atoms with Gasteiger partial charge in [0.15, 0.2) is 0 Å². The Labute approximate surface area is 147 Å². The molecule has 0 saturated carbocycles. The molecule has 1 N–H and O–H groups in total. The molecule has 1 aliphatic carbocycles. The van der Waals surface area contributed by atoms with E-state index in [4.69, 9.17) is 11.6 Å². The van der Waals surface area contributed by atoms with Crippen molar-refractivity contribution in [1.82, 2.24) is 10.2 Å². The molecular weight excluding hydrogens is 324 g/mol. The van der Waals surface area contributed by atoms with Crippen molar-refractivity contribution >= 4 is 23.4 Å². The van der Waals surface area contributed by atoms with Crippen LogP contribution in [0.1, 0.15) is 49.7 Å².